The number of carbonyl (C=O) groups excluding carboxylic acids is 1. The molecule has 4 heteroatoms. The summed E-state index contributed by atoms with van der Waals surface area (Å²) in [5, 5.41) is 0. The molecule has 2 rings (SSSR count). The minimum absolute atomic E-state index is 0.0103. The molecule has 116 valence electrons. The molecule has 4 nitrogen and oxygen atoms in total. The van der Waals surface area contributed by atoms with Crippen LogP contribution in [-0.4, -0.2) is 26.0 Å². The third-order valence-corrected chi connectivity index (χ3v) is 3.90. The minimum Gasteiger partial charge on any atom is -0.468 e. The zero-order valence-corrected chi connectivity index (χ0v) is 12.8. The summed E-state index contributed by atoms with van der Waals surface area (Å²) in [5.41, 5.74) is 1.18. The number of hydrogen-bond donors (Lipinski definition) is 0. The minimum atomic E-state index is -0.112. The van der Waals surface area contributed by atoms with Gasteiger partial charge in [0.05, 0.1) is 0 Å². The highest BCUT2D eigenvalue weighted by Gasteiger charge is 2.29. The first kappa shape index (κ1) is 15.8. The van der Waals surface area contributed by atoms with E-state index in [1.807, 2.05) is 25.1 Å². The molecular formula is C17H24O4. The number of benzene rings is 1. The lowest BCUT2D eigenvalue weighted by Crippen LogP contribution is -2.28. The highest BCUT2D eigenvalue weighted by molar-refractivity contribution is 5.69. The molecule has 21 heavy (non-hydrogen) atoms. The van der Waals surface area contributed by atoms with Crippen LogP contribution in [0.15, 0.2) is 24.3 Å². The molecule has 0 amide bonds. The number of hydrogen-bond acceptors (Lipinski definition) is 4. The second-order valence-electron chi connectivity index (χ2n) is 5.40. The van der Waals surface area contributed by atoms with Gasteiger partial charge in [0.25, 0.3) is 0 Å². The summed E-state index contributed by atoms with van der Waals surface area (Å²) in [6, 6.07) is 8.01. The van der Waals surface area contributed by atoms with Crippen LogP contribution < -0.4 is 4.74 Å². The van der Waals surface area contributed by atoms with Gasteiger partial charge in [0.2, 0.25) is 0 Å². The number of esters is 1. The lowest BCUT2D eigenvalue weighted by atomic mass is 9.81. The van der Waals surface area contributed by atoms with Crippen LogP contribution in [0.2, 0.25) is 0 Å². The first-order valence-corrected chi connectivity index (χ1v) is 7.65. The zero-order chi connectivity index (χ0) is 15.1. The van der Waals surface area contributed by atoms with Crippen LogP contribution in [0.4, 0.5) is 0 Å². The Morgan fingerprint density at radius 3 is 2.86 bits per heavy atom. The van der Waals surface area contributed by atoms with Gasteiger partial charge in [0.15, 0.2) is 6.79 Å². The molecule has 0 saturated heterocycles. The van der Waals surface area contributed by atoms with Gasteiger partial charge in [0, 0.05) is 19.4 Å². The largest absolute Gasteiger partial charge is 0.468 e. The van der Waals surface area contributed by atoms with Crippen molar-refractivity contribution in [2.45, 2.75) is 51.0 Å². The third-order valence-electron chi connectivity index (χ3n) is 3.90. The van der Waals surface area contributed by atoms with Gasteiger partial charge in [0.1, 0.15) is 11.9 Å². The van der Waals surface area contributed by atoms with E-state index in [1.54, 1.807) is 7.11 Å². The molecule has 1 aromatic carbocycles. The topological polar surface area (TPSA) is 44.8 Å². The Balaban J connectivity index is 2.10. The van der Waals surface area contributed by atoms with Crippen molar-refractivity contribution in [2.75, 3.05) is 13.9 Å². The molecule has 0 aromatic heterocycles. The molecule has 0 N–H and O–H groups in total. The van der Waals surface area contributed by atoms with Gasteiger partial charge in [-0.05, 0) is 37.0 Å². The fourth-order valence-electron chi connectivity index (χ4n) is 2.83. The molecule has 0 unspecified atom stereocenters. The average Bonchev–Trinajstić information content (AvgIpc) is 2.53. The number of rotatable bonds is 6. The summed E-state index contributed by atoms with van der Waals surface area (Å²) in [6.07, 6.45) is 4.71. The lowest BCUT2D eigenvalue weighted by Gasteiger charge is -2.31. The summed E-state index contributed by atoms with van der Waals surface area (Å²) in [7, 11) is 1.60. The monoisotopic (exact) mass is 292 g/mol. The maximum atomic E-state index is 11.6. The van der Waals surface area contributed by atoms with Crippen molar-refractivity contribution in [2.24, 2.45) is 0 Å². The Morgan fingerprint density at radius 1 is 1.29 bits per heavy atom. The quantitative estimate of drug-likeness (QED) is 0.593. The van der Waals surface area contributed by atoms with Crippen LogP contribution in [0.1, 0.15) is 50.5 Å². The van der Waals surface area contributed by atoms with Gasteiger partial charge < -0.3 is 14.2 Å². The maximum absolute atomic E-state index is 11.6. The second-order valence-corrected chi connectivity index (χ2v) is 5.40. The molecule has 0 bridgehead atoms. The fraction of sp³-hybridized carbons (Fsp3) is 0.588. The molecule has 1 aliphatic rings. The van der Waals surface area contributed by atoms with Gasteiger partial charge in [-0.25, -0.2) is 0 Å². The lowest BCUT2D eigenvalue weighted by molar-refractivity contribution is -0.151. The standard InChI is InChI=1S/C17H24O4/c1-3-17(18)21-16-10-5-4-9-15(16)13-7-6-8-14(11-13)20-12-19-2/h6-8,11,15-16H,3-5,9-10,12H2,1-2H3/t15-,16+/m0/s1. The van der Waals surface area contributed by atoms with Crippen molar-refractivity contribution in [1.82, 2.24) is 0 Å². The normalized spacial score (nSPS) is 21.8. The number of carbonyl (C=O) groups is 1. The molecule has 1 aliphatic carbocycles. The zero-order valence-electron chi connectivity index (χ0n) is 12.8. The Bertz CT molecular complexity index is 458. The van der Waals surface area contributed by atoms with Crippen LogP contribution >= 0.6 is 0 Å². The van der Waals surface area contributed by atoms with Crippen molar-refractivity contribution >= 4 is 5.97 Å². The Hall–Kier alpha value is -1.55. The predicted molar refractivity (Wildman–Crippen MR) is 80.3 cm³/mol. The summed E-state index contributed by atoms with van der Waals surface area (Å²) in [6.45, 7) is 2.07. The fourth-order valence-corrected chi connectivity index (χ4v) is 2.83. The smallest absolute Gasteiger partial charge is 0.305 e. The average molecular weight is 292 g/mol. The molecule has 1 fully saturated rings. The van der Waals surface area contributed by atoms with Crippen LogP contribution in [0.3, 0.4) is 0 Å². The highest BCUT2D eigenvalue weighted by Crippen LogP contribution is 2.36. The van der Waals surface area contributed by atoms with Gasteiger partial charge in [-0.2, -0.15) is 0 Å². The SMILES string of the molecule is CCC(=O)O[C@@H]1CCCC[C@H]1c1cccc(OCOC)c1. The van der Waals surface area contributed by atoms with Gasteiger partial charge >= 0.3 is 5.97 Å². The van der Waals surface area contributed by atoms with Gasteiger partial charge in [-0.15, -0.1) is 0 Å². The molecule has 0 heterocycles. The second kappa shape index (κ2) is 8.03. The van der Waals surface area contributed by atoms with Crippen molar-refractivity contribution in [3.05, 3.63) is 29.8 Å². The number of methoxy groups -OCH3 is 1. The summed E-state index contributed by atoms with van der Waals surface area (Å²) < 4.78 is 16.0. The van der Waals surface area contributed by atoms with Crippen molar-refractivity contribution in [3.8, 4) is 5.75 Å². The van der Waals surface area contributed by atoms with E-state index in [2.05, 4.69) is 6.07 Å². The first-order chi connectivity index (χ1) is 10.2. The van der Waals surface area contributed by atoms with E-state index in [9.17, 15) is 4.79 Å². The maximum Gasteiger partial charge on any atom is 0.305 e. The molecule has 1 aromatic rings. The first-order valence-electron chi connectivity index (χ1n) is 7.65. The molecule has 1 saturated carbocycles. The molecule has 2 atom stereocenters. The van der Waals surface area contributed by atoms with Crippen molar-refractivity contribution in [1.29, 1.82) is 0 Å². The highest BCUT2D eigenvalue weighted by atomic mass is 16.7. The van der Waals surface area contributed by atoms with Crippen molar-refractivity contribution < 1.29 is 19.0 Å². The van der Waals surface area contributed by atoms with E-state index >= 15 is 0 Å². The molecule has 0 spiro atoms. The number of ether oxygens (including phenoxy) is 3. The third kappa shape index (κ3) is 4.46. The van der Waals surface area contributed by atoms with E-state index in [0.717, 1.165) is 25.0 Å². The Kier molecular flexibility index (Phi) is 6.05. The summed E-state index contributed by atoms with van der Waals surface area (Å²) in [5.74, 6) is 0.944. The van der Waals surface area contributed by atoms with Gasteiger partial charge in [-0.1, -0.05) is 25.5 Å². The molecule has 0 aliphatic heterocycles. The Morgan fingerprint density at radius 2 is 2.10 bits per heavy atom. The molecule has 0 radical (unpaired) electrons. The molecular weight excluding hydrogens is 268 g/mol. The van der Waals surface area contributed by atoms with Crippen LogP contribution in [-0.2, 0) is 14.3 Å². The van der Waals surface area contributed by atoms with E-state index in [0.29, 0.717) is 6.42 Å². The summed E-state index contributed by atoms with van der Waals surface area (Å²) >= 11 is 0. The van der Waals surface area contributed by atoms with Crippen LogP contribution in [0, 0.1) is 0 Å². The predicted octanol–water partition coefficient (Wildman–Crippen LogP) is 3.65. The van der Waals surface area contributed by atoms with E-state index < -0.39 is 0 Å². The van der Waals surface area contributed by atoms with Gasteiger partial charge in [-0.3, -0.25) is 4.79 Å². The van der Waals surface area contributed by atoms with E-state index in [-0.39, 0.29) is 24.8 Å². The van der Waals surface area contributed by atoms with Crippen LogP contribution in [0.25, 0.3) is 0 Å². The van der Waals surface area contributed by atoms with Crippen LogP contribution in [0.5, 0.6) is 5.75 Å². The summed E-state index contributed by atoms with van der Waals surface area (Å²) in [4.78, 5) is 11.6. The Labute approximate surface area is 126 Å². The van der Waals surface area contributed by atoms with E-state index in [4.69, 9.17) is 14.2 Å². The van der Waals surface area contributed by atoms with Crippen molar-refractivity contribution in [3.63, 3.8) is 0 Å². The van der Waals surface area contributed by atoms with E-state index in [1.165, 1.54) is 12.0 Å².